The van der Waals surface area contributed by atoms with E-state index in [4.69, 9.17) is 9.47 Å². The van der Waals surface area contributed by atoms with Crippen molar-refractivity contribution in [3.05, 3.63) is 231 Å². The number of esters is 2. The van der Waals surface area contributed by atoms with Gasteiger partial charge in [0.1, 0.15) is 6.61 Å². The Kier molecular flexibility index (Phi) is 74.0. The third kappa shape index (κ3) is 76.4. The van der Waals surface area contributed by atoms with Gasteiger partial charge in [-0.25, -0.2) is 0 Å². The summed E-state index contributed by atoms with van der Waals surface area (Å²) in [5.41, 5.74) is 0. The fraction of sp³-hybridized carbons (Fsp3) is 0.540. The van der Waals surface area contributed by atoms with Crippen LogP contribution in [0.25, 0.3) is 0 Å². The average molecular weight is 1260 g/mol. The molecule has 0 aromatic rings. The highest BCUT2D eigenvalue weighted by Gasteiger charge is 2.16. The number of ether oxygens (including phenoxy) is 2. The Morgan fingerprint density at radius 1 is 0.250 bits per heavy atom. The average Bonchev–Trinajstić information content (AvgIpc) is 3.64. The second-order valence-electron chi connectivity index (χ2n) is 23.6. The third-order valence-corrected chi connectivity index (χ3v) is 15.0. The van der Waals surface area contributed by atoms with E-state index in [0.29, 0.717) is 12.8 Å². The Bertz CT molecular complexity index is 2220. The Hall–Kier alpha value is -6.04. The summed E-state index contributed by atoms with van der Waals surface area (Å²) in [6.45, 7) is 3.89. The van der Waals surface area contributed by atoms with Gasteiger partial charge in [-0.05, 0) is 161 Å². The maximum absolute atomic E-state index is 12.4. The number of unbranched alkanes of at least 4 members (excludes halogenated alkanes) is 19. The molecule has 0 fully saturated rings. The van der Waals surface area contributed by atoms with Crippen molar-refractivity contribution in [2.75, 3.05) is 13.2 Å². The van der Waals surface area contributed by atoms with E-state index >= 15 is 0 Å². The molecule has 512 valence electrons. The first-order valence-corrected chi connectivity index (χ1v) is 36.9. The minimum Gasteiger partial charge on any atom is -0.462 e. The number of aliphatic hydroxyl groups is 1. The Balaban J connectivity index is 3.62. The van der Waals surface area contributed by atoms with Crippen LogP contribution in [0.1, 0.15) is 284 Å². The van der Waals surface area contributed by atoms with E-state index in [1.807, 2.05) is 0 Å². The molecule has 0 aromatic carbocycles. The molecule has 1 N–H and O–H groups in total. The second kappa shape index (κ2) is 79.2. The van der Waals surface area contributed by atoms with Crippen LogP contribution in [0.15, 0.2) is 231 Å². The number of hydrogen-bond donors (Lipinski definition) is 1. The van der Waals surface area contributed by atoms with E-state index in [1.54, 1.807) is 0 Å². The highest BCUT2D eigenvalue weighted by atomic mass is 16.6. The molecule has 0 aliphatic rings. The quantitative estimate of drug-likeness (QED) is 0.0373. The Morgan fingerprint density at radius 3 is 0.652 bits per heavy atom. The van der Waals surface area contributed by atoms with Gasteiger partial charge in [-0.3, -0.25) is 9.59 Å². The molecule has 1 atom stereocenters. The molecule has 5 nitrogen and oxygen atoms in total. The number of allylic oxidation sites excluding steroid dienone is 38. The predicted molar refractivity (Wildman–Crippen MR) is 407 cm³/mol. The maximum atomic E-state index is 12.4. The lowest BCUT2D eigenvalue weighted by Crippen LogP contribution is -2.28. The first-order chi connectivity index (χ1) is 45.6. The van der Waals surface area contributed by atoms with Gasteiger partial charge >= 0.3 is 11.9 Å². The molecular weight excluding hydrogens is 1120 g/mol. The Labute approximate surface area is 566 Å². The van der Waals surface area contributed by atoms with Crippen molar-refractivity contribution in [1.29, 1.82) is 0 Å². The highest BCUT2D eigenvalue weighted by molar-refractivity contribution is 5.70. The lowest BCUT2D eigenvalue weighted by atomic mass is 10.0. The zero-order valence-electron chi connectivity index (χ0n) is 58.7. The topological polar surface area (TPSA) is 72.8 Å². The largest absolute Gasteiger partial charge is 0.462 e. The van der Waals surface area contributed by atoms with Crippen LogP contribution in [0.5, 0.6) is 0 Å². The zero-order valence-corrected chi connectivity index (χ0v) is 58.7. The van der Waals surface area contributed by atoms with Crippen molar-refractivity contribution >= 4 is 11.9 Å². The monoisotopic (exact) mass is 1260 g/mol. The summed E-state index contributed by atoms with van der Waals surface area (Å²) in [6.07, 6.45) is 129. The van der Waals surface area contributed by atoms with Crippen LogP contribution in [-0.2, 0) is 19.1 Å². The van der Waals surface area contributed by atoms with Gasteiger partial charge in [-0.1, -0.05) is 341 Å². The van der Waals surface area contributed by atoms with Crippen molar-refractivity contribution < 1.29 is 24.2 Å². The summed E-state index contributed by atoms with van der Waals surface area (Å²) in [7, 11) is 0. The summed E-state index contributed by atoms with van der Waals surface area (Å²) >= 11 is 0. The van der Waals surface area contributed by atoms with Gasteiger partial charge in [0.15, 0.2) is 6.10 Å². The van der Waals surface area contributed by atoms with Crippen molar-refractivity contribution in [3.8, 4) is 0 Å². The minimum atomic E-state index is -0.804. The van der Waals surface area contributed by atoms with Crippen molar-refractivity contribution in [3.63, 3.8) is 0 Å². The van der Waals surface area contributed by atoms with E-state index < -0.39 is 6.10 Å². The van der Waals surface area contributed by atoms with Crippen LogP contribution in [-0.4, -0.2) is 36.4 Å². The van der Waals surface area contributed by atoms with Crippen LogP contribution in [0.2, 0.25) is 0 Å². The molecule has 0 rings (SSSR count). The first kappa shape index (κ1) is 86.0. The molecule has 0 aliphatic heterocycles. The van der Waals surface area contributed by atoms with E-state index in [1.165, 1.54) is 83.5 Å². The standard InChI is InChI=1S/C87H134O5/c1-3-5-7-9-11-13-15-17-19-21-23-25-27-29-31-33-35-37-39-41-42-43-44-46-48-50-52-54-56-58-60-62-64-66-68-70-72-74-76-78-80-82-87(90)92-85(83-88)84-91-86(89)81-79-77-75-73-71-69-67-65-63-61-59-57-55-53-51-49-47-45-40-38-36-34-32-30-28-26-24-22-20-18-16-14-12-10-8-6-4-2/h5-8,11-14,17-20,23-26,29-32,35-38,41-42,44-47,50,52,56,58,62,64,68,70,85,88H,3-4,9-10,15-16,21-22,27-28,33-34,39-40,43,48-49,51,53-55,57,59-61,63,65-67,69,71-84H2,1-2H3/b7-5-,8-6-,13-11-,14-12-,19-17-,20-18-,25-23-,26-24-,31-29-,32-30-,37-35-,38-36-,42-41-,46-44-,47-45-,52-50-,58-56-,64-62-,70-68-. The molecule has 0 amide bonds. The molecule has 0 heterocycles. The highest BCUT2D eigenvalue weighted by Crippen LogP contribution is 2.16. The molecule has 0 aliphatic carbocycles. The summed E-state index contributed by atoms with van der Waals surface area (Å²) in [6, 6.07) is 0. The zero-order chi connectivity index (χ0) is 66.1. The van der Waals surface area contributed by atoms with Gasteiger partial charge in [0.05, 0.1) is 6.61 Å². The van der Waals surface area contributed by atoms with Crippen LogP contribution in [0.3, 0.4) is 0 Å². The van der Waals surface area contributed by atoms with Crippen molar-refractivity contribution in [2.24, 2.45) is 0 Å². The van der Waals surface area contributed by atoms with Gasteiger partial charge in [-0.2, -0.15) is 0 Å². The molecule has 0 radical (unpaired) electrons. The number of carbonyl (C=O) groups is 2. The Morgan fingerprint density at radius 2 is 0.435 bits per heavy atom. The van der Waals surface area contributed by atoms with Crippen LogP contribution < -0.4 is 0 Å². The second-order valence-corrected chi connectivity index (χ2v) is 23.6. The first-order valence-electron chi connectivity index (χ1n) is 36.9. The van der Waals surface area contributed by atoms with Crippen LogP contribution >= 0.6 is 0 Å². The smallest absolute Gasteiger partial charge is 0.306 e. The number of rotatable bonds is 65. The minimum absolute atomic E-state index is 0.0894. The van der Waals surface area contributed by atoms with Crippen molar-refractivity contribution in [1.82, 2.24) is 0 Å². The number of aliphatic hydroxyl groups excluding tert-OH is 1. The third-order valence-electron chi connectivity index (χ3n) is 15.0. The van der Waals surface area contributed by atoms with Gasteiger partial charge < -0.3 is 14.6 Å². The molecular formula is C87H134O5. The summed E-state index contributed by atoms with van der Waals surface area (Å²) in [5.74, 6) is -0.631. The molecule has 0 spiro atoms. The van der Waals surface area contributed by atoms with E-state index in [-0.39, 0.29) is 25.2 Å². The molecule has 0 saturated carbocycles. The summed E-state index contributed by atoms with van der Waals surface area (Å²) in [4.78, 5) is 24.7. The molecule has 0 aromatic heterocycles. The maximum Gasteiger partial charge on any atom is 0.306 e. The summed E-state index contributed by atoms with van der Waals surface area (Å²) in [5, 5.41) is 9.71. The van der Waals surface area contributed by atoms with Gasteiger partial charge in [0.2, 0.25) is 0 Å². The molecule has 92 heavy (non-hydrogen) atoms. The predicted octanol–water partition coefficient (Wildman–Crippen LogP) is 26.4. The number of carbonyl (C=O) groups excluding carboxylic acids is 2. The SMILES string of the molecule is CC/C=C\C/C=C\C/C=C\C/C=C\C/C=C\C/C=C\C/C=C\C/C=C\C/C=C\C/C=C\C/C=C\C/C=C\CCCCCCC(=O)OC(CO)COC(=O)CCCCCCCCCCCCCCCCC/C=C\C/C=C\C/C=C\C/C=C\C/C=C\C/C=C\C/C=C\CC. The van der Waals surface area contributed by atoms with E-state index in [2.05, 4.69) is 245 Å². The fourth-order valence-corrected chi connectivity index (χ4v) is 9.52. The van der Waals surface area contributed by atoms with E-state index in [0.717, 1.165) is 173 Å². The number of hydrogen-bond acceptors (Lipinski definition) is 5. The molecule has 0 bridgehead atoms. The normalized spacial score (nSPS) is 13.6. The molecule has 1 unspecified atom stereocenters. The van der Waals surface area contributed by atoms with E-state index in [9.17, 15) is 14.7 Å². The van der Waals surface area contributed by atoms with Crippen LogP contribution in [0.4, 0.5) is 0 Å². The van der Waals surface area contributed by atoms with Gasteiger partial charge in [-0.15, -0.1) is 0 Å². The lowest BCUT2D eigenvalue weighted by molar-refractivity contribution is -0.161. The van der Waals surface area contributed by atoms with Gasteiger partial charge in [0, 0.05) is 12.8 Å². The summed E-state index contributed by atoms with van der Waals surface area (Å²) < 4.78 is 10.7. The molecule has 0 saturated heterocycles. The lowest BCUT2D eigenvalue weighted by Gasteiger charge is -2.15. The van der Waals surface area contributed by atoms with Crippen LogP contribution in [0, 0.1) is 0 Å². The van der Waals surface area contributed by atoms with Crippen molar-refractivity contribution in [2.45, 2.75) is 290 Å². The fourth-order valence-electron chi connectivity index (χ4n) is 9.52. The van der Waals surface area contributed by atoms with Gasteiger partial charge in [0.25, 0.3) is 0 Å². The molecule has 5 heteroatoms.